The number of benzene rings is 2. The summed E-state index contributed by atoms with van der Waals surface area (Å²) in [6.45, 7) is 2.38. The number of nitrogens with one attached hydrogen (secondary N) is 2. The zero-order valence-electron chi connectivity index (χ0n) is 21.5. The quantitative estimate of drug-likeness (QED) is 0.335. The molecule has 1 aliphatic rings. The fourth-order valence-electron chi connectivity index (χ4n) is 4.74. The number of carbonyl (C=O) groups is 1. The Bertz CT molecular complexity index is 1640. The molecule has 210 valence electrons. The predicted octanol–water partition coefficient (Wildman–Crippen LogP) is 4.51. The summed E-state index contributed by atoms with van der Waals surface area (Å²) in [5.41, 5.74) is 0.176. The van der Waals surface area contributed by atoms with E-state index >= 15 is 0 Å². The molecular weight excluding hydrogens is 545 g/mol. The number of carbonyl (C=O) groups excluding carboxylic acids is 1. The Balaban J connectivity index is 1.28. The van der Waals surface area contributed by atoms with Gasteiger partial charge in [-0.3, -0.25) is 4.79 Å². The minimum atomic E-state index is -4.53. The summed E-state index contributed by atoms with van der Waals surface area (Å²) >= 11 is 0. The maximum absolute atomic E-state index is 13.3. The van der Waals surface area contributed by atoms with Gasteiger partial charge in [-0.1, -0.05) is 29.8 Å². The lowest BCUT2D eigenvalue weighted by atomic mass is 10.1. The maximum Gasteiger partial charge on any atom is 0.418 e. The first-order chi connectivity index (χ1) is 19.0. The van der Waals surface area contributed by atoms with E-state index in [0.717, 1.165) is 22.0 Å². The van der Waals surface area contributed by atoms with Crippen molar-refractivity contribution in [2.24, 2.45) is 0 Å². The van der Waals surface area contributed by atoms with Gasteiger partial charge in [0.15, 0.2) is 5.65 Å². The van der Waals surface area contributed by atoms with E-state index in [4.69, 9.17) is 0 Å². The third-order valence-corrected chi connectivity index (χ3v) is 8.48. The molecule has 1 atom stereocenters. The second-order valence-electron chi connectivity index (χ2n) is 9.61. The van der Waals surface area contributed by atoms with Crippen LogP contribution < -0.4 is 10.6 Å². The number of para-hydroxylation sites is 1. The van der Waals surface area contributed by atoms with Gasteiger partial charge in [0.2, 0.25) is 5.91 Å². The van der Waals surface area contributed by atoms with Crippen LogP contribution >= 0.6 is 0 Å². The molecule has 1 saturated heterocycles. The SMILES string of the molecule is Cc1ccc(S(=O)(=O)n2ccc3c(N[C@H]4CCCN(C(=O)CNc5ccccc5C(F)(F)F)C4)ncnc32)cc1. The van der Waals surface area contributed by atoms with Gasteiger partial charge in [0.25, 0.3) is 10.0 Å². The molecule has 0 unspecified atom stereocenters. The Morgan fingerprint density at radius 3 is 2.58 bits per heavy atom. The minimum absolute atomic E-state index is 0.136. The Kier molecular flexibility index (Phi) is 7.41. The van der Waals surface area contributed by atoms with E-state index in [0.29, 0.717) is 30.7 Å². The van der Waals surface area contributed by atoms with Crippen LogP contribution in [0, 0.1) is 6.92 Å². The molecule has 2 aromatic heterocycles. The van der Waals surface area contributed by atoms with E-state index < -0.39 is 21.8 Å². The highest BCUT2D eigenvalue weighted by Gasteiger charge is 2.33. The number of aryl methyl sites for hydroxylation is 1. The number of alkyl halides is 3. The van der Waals surface area contributed by atoms with Gasteiger partial charge in [0.1, 0.15) is 12.1 Å². The highest BCUT2D eigenvalue weighted by Crippen LogP contribution is 2.34. The molecule has 1 fully saturated rings. The molecule has 40 heavy (non-hydrogen) atoms. The Morgan fingerprint density at radius 2 is 1.82 bits per heavy atom. The van der Waals surface area contributed by atoms with E-state index in [1.54, 1.807) is 35.2 Å². The summed E-state index contributed by atoms with van der Waals surface area (Å²) in [4.78, 5) is 23.1. The number of halogens is 3. The lowest BCUT2D eigenvalue weighted by Gasteiger charge is -2.33. The van der Waals surface area contributed by atoms with E-state index in [-0.39, 0.29) is 34.7 Å². The largest absolute Gasteiger partial charge is 0.418 e. The average Bonchev–Trinajstić information content (AvgIpc) is 3.38. The Morgan fingerprint density at radius 1 is 1.07 bits per heavy atom. The average molecular weight is 573 g/mol. The standard InChI is InChI=1S/C27H27F3N6O3S/c1-18-8-10-20(11-9-18)40(38,39)36-14-12-21-25(32-17-33-26(21)36)34-19-5-4-13-35(16-19)24(37)15-31-23-7-3-2-6-22(23)27(28,29)30/h2-3,6-12,14,17,19,31H,4-5,13,15-16H2,1H3,(H,32,33,34)/t19-/m0/s1. The number of hydrogen-bond acceptors (Lipinski definition) is 7. The fraction of sp³-hybridized carbons (Fsp3) is 0.296. The normalized spacial score (nSPS) is 16.2. The van der Waals surface area contributed by atoms with Crippen LogP contribution in [0.4, 0.5) is 24.7 Å². The fourth-order valence-corrected chi connectivity index (χ4v) is 6.04. The third kappa shape index (κ3) is 5.60. The first-order valence-electron chi connectivity index (χ1n) is 12.6. The van der Waals surface area contributed by atoms with Crippen molar-refractivity contribution in [2.45, 2.75) is 36.9 Å². The molecule has 13 heteroatoms. The molecule has 2 N–H and O–H groups in total. The molecule has 2 aromatic carbocycles. The summed E-state index contributed by atoms with van der Waals surface area (Å²) < 4.78 is 67.4. The lowest BCUT2D eigenvalue weighted by Crippen LogP contribution is -2.47. The summed E-state index contributed by atoms with van der Waals surface area (Å²) in [6.07, 6.45) is -0.421. The monoisotopic (exact) mass is 572 g/mol. The number of aromatic nitrogens is 3. The Hall–Kier alpha value is -4.13. The molecule has 9 nitrogen and oxygen atoms in total. The Labute approximate surface area is 229 Å². The molecule has 0 bridgehead atoms. The first kappa shape index (κ1) is 27.4. The smallest absolute Gasteiger partial charge is 0.376 e. The summed E-state index contributed by atoms with van der Waals surface area (Å²) in [5, 5.41) is 6.43. The number of rotatable bonds is 7. The van der Waals surface area contributed by atoms with Crippen molar-refractivity contribution in [1.29, 1.82) is 0 Å². The number of fused-ring (bicyclic) bond motifs is 1. The highest BCUT2D eigenvalue weighted by atomic mass is 32.2. The van der Waals surface area contributed by atoms with Gasteiger partial charge in [-0.15, -0.1) is 0 Å². The van der Waals surface area contributed by atoms with E-state index in [1.165, 1.54) is 30.7 Å². The molecule has 0 aliphatic carbocycles. The topological polar surface area (TPSA) is 109 Å². The van der Waals surface area contributed by atoms with E-state index in [9.17, 15) is 26.4 Å². The summed E-state index contributed by atoms with van der Waals surface area (Å²) in [5.74, 6) is 0.103. The van der Waals surface area contributed by atoms with Crippen LogP contribution in [-0.4, -0.2) is 58.8 Å². The van der Waals surface area contributed by atoms with Gasteiger partial charge < -0.3 is 15.5 Å². The zero-order valence-corrected chi connectivity index (χ0v) is 22.3. The molecular formula is C27H27F3N6O3S. The van der Waals surface area contributed by atoms with Crippen LogP contribution in [0.1, 0.15) is 24.0 Å². The second kappa shape index (κ2) is 10.8. The van der Waals surface area contributed by atoms with Crippen LogP contribution in [-0.2, 0) is 21.0 Å². The van der Waals surface area contributed by atoms with Crippen LogP contribution in [0.15, 0.2) is 72.0 Å². The van der Waals surface area contributed by atoms with Gasteiger partial charge in [0, 0.05) is 31.0 Å². The van der Waals surface area contributed by atoms with Gasteiger partial charge >= 0.3 is 6.18 Å². The van der Waals surface area contributed by atoms with Crippen molar-refractivity contribution >= 4 is 38.5 Å². The van der Waals surface area contributed by atoms with Gasteiger partial charge in [0.05, 0.1) is 22.4 Å². The molecule has 4 aromatic rings. The summed E-state index contributed by atoms with van der Waals surface area (Å²) in [6, 6.07) is 13.0. The van der Waals surface area contributed by atoms with Crippen molar-refractivity contribution in [1.82, 2.24) is 18.8 Å². The van der Waals surface area contributed by atoms with Gasteiger partial charge in [-0.25, -0.2) is 22.4 Å². The number of nitrogens with zero attached hydrogens (tertiary/aromatic N) is 4. The molecule has 0 spiro atoms. The van der Waals surface area contributed by atoms with Crippen molar-refractivity contribution in [3.63, 3.8) is 0 Å². The van der Waals surface area contributed by atoms with Gasteiger partial charge in [-0.2, -0.15) is 13.2 Å². The molecule has 5 rings (SSSR count). The van der Waals surface area contributed by atoms with Crippen LogP contribution in [0.3, 0.4) is 0 Å². The molecule has 0 radical (unpaired) electrons. The second-order valence-corrected chi connectivity index (χ2v) is 11.4. The molecule has 1 amide bonds. The van der Waals surface area contributed by atoms with Crippen LogP contribution in [0.2, 0.25) is 0 Å². The third-order valence-electron chi connectivity index (χ3n) is 6.80. The van der Waals surface area contributed by atoms with E-state index in [1.807, 2.05) is 6.92 Å². The number of hydrogen-bond donors (Lipinski definition) is 2. The number of likely N-dealkylation sites (tertiary alicyclic amines) is 1. The maximum atomic E-state index is 13.3. The van der Waals surface area contributed by atoms with Crippen molar-refractivity contribution in [2.75, 3.05) is 30.3 Å². The van der Waals surface area contributed by atoms with Crippen LogP contribution in [0.5, 0.6) is 0 Å². The molecule has 3 heterocycles. The first-order valence-corrected chi connectivity index (χ1v) is 14.1. The number of piperidine rings is 1. The number of anilines is 2. The van der Waals surface area contributed by atoms with E-state index in [2.05, 4.69) is 20.6 Å². The summed E-state index contributed by atoms with van der Waals surface area (Å²) in [7, 11) is -3.88. The highest BCUT2D eigenvalue weighted by molar-refractivity contribution is 7.90. The zero-order chi connectivity index (χ0) is 28.5. The van der Waals surface area contributed by atoms with Gasteiger partial charge in [-0.05, 0) is 50.1 Å². The van der Waals surface area contributed by atoms with Crippen molar-refractivity contribution < 1.29 is 26.4 Å². The van der Waals surface area contributed by atoms with Crippen LogP contribution in [0.25, 0.3) is 11.0 Å². The number of amides is 1. The van der Waals surface area contributed by atoms with Crippen molar-refractivity contribution in [3.05, 3.63) is 78.2 Å². The van der Waals surface area contributed by atoms with Crippen molar-refractivity contribution in [3.8, 4) is 0 Å². The lowest BCUT2D eigenvalue weighted by molar-refractivity contribution is -0.137. The minimum Gasteiger partial charge on any atom is -0.376 e. The predicted molar refractivity (Wildman–Crippen MR) is 144 cm³/mol. The molecule has 0 saturated carbocycles. The molecule has 1 aliphatic heterocycles.